The number of aryl methyl sites for hydroxylation is 1. The summed E-state index contributed by atoms with van der Waals surface area (Å²) in [6, 6.07) is 2.05. The Morgan fingerprint density at radius 2 is 2.28 bits per heavy atom. The van der Waals surface area contributed by atoms with Gasteiger partial charge in [-0.1, -0.05) is 0 Å². The minimum atomic E-state index is -0.328. The second-order valence-corrected chi connectivity index (χ2v) is 5.42. The molecule has 0 saturated carbocycles. The molecule has 0 spiro atoms. The first-order chi connectivity index (χ1) is 8.60. The molecule has 7 heteroatoms. The van der Waals surface area contributed by atoms with Gasteiger partial charge in [0.15, 0.2) is 0 Å². The van der Waals surface area contributed by atoms with Crippen LogP contribution in [-0.2, 0) is 0 Å². The number of hydrogen-bond donors (Lipinski definition) is 4. The molecule has 1 atom stereocenters. The first kappa shape index (κ1) is 13.0. The molecule has 5 N–H and O–H groups in total. The first-order valence-corrected chi connectivity index (χ1v) is 6.58. The second-order valence-electron chi connectivity index (χ2n) is 4.18. The molecule has 0 fully saturated rings. The van der Waals surface area contributed by atoms with Gasteiger partial charge in [-0.2, -0.15) is 4.98 Å². The summed E-state index contributed by atoms with van der Waals surface area (Å²) in [5.74, 6) is 6.50. The summed E-state index contributed by atoms with van der Waals surface area (Å²) in [4.78, 5) is 10.7. The van der Waals surface area contributed by atoms with Gasteiger partial charge < -0.3 is 10.4 Å². The average Bonchev–Trinajstić information content (AvgIpc) is 2.68. The number of thiophene rings is 1. The molecular weight excluding hydrogens is 250 g/mol. The fraction of sp³-hybridized carbons (Fsp3) is 0.455. The molecular formula is C11H17N5OS. The zero-order chi connectivity index (χ0) is 13.1. The van der Waals surface area contributed by atoms with E-state index in [1.807, 2.05) is 13.0 Å². The molecule has 2 aromatic heterocycles. The number of aliphatic hydroxyl groups excluding tert-OH is 1. The number of nitrogens with one attached hydrogen (secondary N) is 2. The highest BCUT2D eigenvalue weighted by Crippen LogP contribution is 2.29. The number of aliphatic hydroxyl groups is 1. The van der Waals surface area contributed by atoms with Gasteiger partial charge in [-0.15, -0.1) is 11.3 Å². The summed E-state index contributed by atoms with van der Waals surface area (Å²) in [6.45, 7) is 4.45. The van der Waals surface area contributed by atoms with Gasteiger partial charge in [0.1, 0.15) is 10.6 Å². The van der Waals surface area contributed by atoms with Crippen LogP contribution in [0.15, 0.2) is 6.07 Å². The second kappa shape index (κ2) is 5.47. The van der Waals surface area contributed by atoms with Crippen molar-refractivity contribution in [2.24, 2.45) is 5.84 Å². The van der Waals surface area contributed by atoms with Gasteiger partial charge in [0.25, 0.3) is 0 Å². The lowest BCUT2D eigenvalue weighted by molar-refractivity contribution is 0.188. The highest BCUT2D eigenvalue weighted by molar-refractivity contribution is 7.18. The monoisotopic (exact) mass is 267 g/mol. The third-order valence-electron chi connectivity index (χ3n) is 2.50. The summed E-state index contributed by atoms with van der Waals surface area (Å²) in [6.07, 6.45) is 0.339. The van der Waals surface area contributed by atoms with E-state index in [9.17, 15) is 5.11 Å². The van der Waals surface area contributed by atoms with Gasteiger partial charge in [0, 0.05) is 11.4 Å². The number of nitrogen functional groups attached to an aromatic ring is 1. The van der Waals surface area contributed by atoms with Crippen molar-refractivity contribution in [3.05, 3.63) is 10.9 Å². The Morgan fingerprint density at radius 1 is 1.50 bits per heavy atom. The Balaban J connectivity index is 2.28. The predicted octanol–water partition coefficient (Wildman–Crippen LogP) is 1.47. The zero-order valence-corrected chi connectivity index (χ0v) is 11.2. The van der Waals surface area contributed by atoms with Crippen molar-refractivity contribution in [1.29, 1.82) is 0 Å². The molecule has 0 aliphatic heterocycles. The van der Waals surface area contributed by atoms with Crippen LogP contribution in [0.4, 0.5) is 11.8 Å². The smallest absolute Gasteiger partial charge is 0.240 e. The number of fused-ring (bicyclic) bond motifs is 1. The summed E-state index contributed by atoms with van der Waals surface area (Å²) in [5, 5.41) is 13.4. The Bertz CT molecular complexity index is 539. The molecule has 0 bridgehead atoms. The molecule has 2 aromatic rings. The highest BCUT2D eigenvalue weighted by atomic mass is 32.1. The minimum Gasteiger partial charge on any atom is -0.393 e. The van der Waals surface area contributed by atoms with E-state index in [2.05, 4.69) is 20.7 Å². The average molecular weight is 267 g/mol. The van der Waals surface area contributed by atoms with Crippen LogP contribution in [0.2, 0.25) is 0 Å². The molecule has 18 heavy (non-hydrogen) atoms. The predicted molar refractivity (Wildman–Crippen MR) is 74.7 cm³/mol. The van der Waals surface area contributed by atoms with Crippen LogP contribution in [0.25, 0.3) is 10.2 Å². The van der Waals surface area contributed by atoms with E-state index >= 15 is 0 Å². The van der Waals surface area contributed by atoms with Gasteiger partial charge in [0.05, 0.1) is 11.5 Å². The maximum Gasteiger partial charge on any atom is 0.240 e. The molecule has 0 aliphatic carbocycles. The summed E-state index contributed by atoms with van der Waals surface area (Å²) >= 11 is 1.60. The number of nitrogens with two attached hydrogens (primary N) is 1. The molecule has 0 radical (unpaired) electrons. The van der Waals surface area contributed by atoms with Crippen molar-refractivity contribution >= 4 is 33.3 Å². The normalized spacial score (nSPS) is 12.7. The van der Waals surface area contributed by atoms with Crippen molar-refractivity contribution in [3.63, 3.8) is 0 Å². The van der Waals surface area contributed by atoms with Crippen molar-refractivity contribution in [2.75, 3.05) is 17.3 Å². The molecule has 1 unspecified atom stereocenters. The maximum atomic E-state index is 9.25. The Labute approximate surface area is 109 Å². The largest absolute Gasteiger partial charge is 0.393 e. The van der Waals surface area contributed by atoms with Crippen LogP contribution in [0, 0.1) is 6.92 Å². The van der Waals surface area contributed by atoms with Crippen molar-refractivity contribution in [3.8, 4) is 0 Å². The fourth-order valence-electron chi connectivity index (χ4n) is 1.64. The third-order valence-corrected chi connectivity index (χ3v) is 3.44. The molecule has 98 valence electrons. The Hall–Kier alpha value is -1.44. The van der Waals surface area contributed by atoms with E-state index in [-0.39, 0.29) is 6.10 Å². The first-order valence-electron chi connectivity index (χ1n) is 5.77. The summed E-state index contributed by atoms with van der Waals surface area (Å²) < 4.78 is 0. The lowest BCUT2D eigenvalue weighted by Gasteiger charge is -2.09. The molecule has 0 aromatic carbocycles. The van der Waals surface area contributed by atoms with E-state index in [1.54, 1.807) is 18.3 Å². The van der Waals surface area contributed by atoms with Crippen LogP contribution in [0.1, 0.15) is 18.2 Å². The van der Waals surface area contributed by atoms with Gasteiger partial charge >= 0.3 is 0 Å². The minimum absolute atomic E-state index is 0.328. The Kier molecular flexibility index (Phi) is 3.95. The van der Waals surface area contributed by atoms with Crippen LogP contribution < -0.4 is 16.6 Å². The number of rotatable bonds is 5. The number of hydrogen-bond acceptors (Lipinski definition) is 7. The highest BCUT2D eigenvalue weighted by Gasteiger charge is 2.10. The SMILES string of the molecule is Cc1cc2c(NCCC(C)O)nc(NN)nc2s1. The molecule has 2 heterocycles. The maximum absolute atomic E-state index is 9.25. The van der Waals surface area contributed by atoms with E-state index in [4.69, 9.17) is 5.84 Å². The topological polar surface area (TPSA) is 96.1 Å². The lowest BCUT2D eigenvalue weighted by Crippen LogP contribution is -2.14. The number of anilines is 2. The van der Waals surface area contributed by atoms with E-state index in [0.29, 0.717) is 18.9 Å². The van der Waals surface area contributed by atoms with Gasteiger partial charge in [-0.3, -0.25) is 5.43 Å². The number of nitrogens with zero attached hydrogens (tertiary/aromatic N) is 2. The molecule has 6 nitrogen and oxygen atoms in total. The number of hydrazine groups is 1. The third kappa shape index (κ3) is 2.87. The fourth-order valence-corrected chi connectivity index (χ4v) is 2.52. The number of aromatic nitrogens is 2. The lowest BCUT2D eigenvalue weighted by atomic mass is 10.3. The summed E-state index contributed by atoms with van der Waals surface area (Å²) in [5.41, 5.74) is 2.46. The molecule has 0 aliphatic rings. The van der Waals surface area contributed by atoms with E-state index < -0.39 is 0 Å². The van der Waals surface area contributed by atoms with Crippen molar-refractivity contribution < 1.29 is 5.11 Å². The quantitative estimate of drug-likeness (QED) is 0.484. The van der Waals surface area contributed by atoms with E-state index in [1.165, 1.54) is 4.88 Å². The van der Waals surface area contributed by atoms with Gasteiger partial charge in [-0.25, -0.2) is 10.8 Å². The van der Waals surface area contributed by atoms with Crippen molar-refractivity contribution in [2.45, 2.75) is 26.4 Å². The van der Waals surface area contributed by atoms with Gasteiger partial charge in [-0.05, 0) is 26.3 Å². The van der Waals surface area contributed by atoms with Gasteiger partial charge in [0.2, 0.25) is 5.95 Å². The van der Waals surface area contributed by atoms with Crippen LogP contribution in [0.3, 0.4) is 0 Å². The zero-order valence-electron chi connectivity index (χ0n) is 10.4. The van der Waals surface area contributed by atoms with Crippen molar-refractivity contribution in [1.82, 2.24) is 9.97 Å². The van der Waals surface area contributed by atoms with Crippen LogP contribution >= 0.6 is 11.3 Å². The van der Waals surface area contributed by atoms with Crippen LogP contribution in [-0.4, -0.2) is 27.7 Å². The molecule has 2 rings (SSSR count). The molecule has 0 amide bonds. The Morgan fingerprint density at radius 3 is 2.94 bits per heavy atom. The van der Waals surface area contributed by atoms with Crippen LogP contribution in [0.5, 0.6) is 0 Å². The summed E-state index contributed by atoms with van der Waals surface area (Å²) in [7, 11) is 0. The standard InChI is InChI=1S/C11H17N5OS/c1-6(17)3-4-13-9-8-5-7(2)18-10(8)15-11(14-9)16-12/h5-6,17H,3-4,12H2,1-2H3,(H2,13,14,15,16). The molecule has 0 saturated heterocycles. The van der Waals surface area contributed by atoms with E-state index in [0.717, 1.165) is 16.0 Å².